The van der Waals surface area contributed by atoms with Gasteiger partial charge in [0.25, 0.3) is 5.91 Å². The largest absolute Gasteiger partial charge is 0.508 e. The van der Waals surface area contributed by atoms with Crippen LogP contribution in [0.15, 0.2) is 58.6 Å². The molecule has 1 amide bonds. The molecular formula is C24H27F3N2O3. The lowest BCUT2D eigenvalue weighted by Crippen LogP contribution is -2.36. The Labute approximate surface area is 185 Å². The van der Waals surface area contributed by atoms with Crippen LogP contribution in [0, 0.1) is 0 Å². The van der Waals surface area contributed by atoms with Crippen molar-refractivity contribution in [2.24, 2.45) is 0 Å². The fourth-order valence-corrected chi connectivity index (χ4v) is 4.84. The number of likely N-dealkylation sites (tertiary alicyclic amines) is 1. The van der Waals surface area contributed by atoms with E-state index >= 15 is 0 Å². The van der Waals surface area contributed by atoms with Gasteiger partial charge in [0, 0.05) is 35.8 Å². The summed E-state index contributed by atoms with van der Waals surface area (Å²) in [5, 5.41) is 13.4. The van der Waals surface area contributed by atoms with Crippen LogP contribution in [-0.2, 0) is 15.7 Å². The Morgan fingerprint density at radius 3 is 2.59 bits per heavy atom. The molecule has 32 heavy (non-hydrogen) atoms. The Kier molecular flexibility index (Phi) is 5.61. The van der Waals surface area contributed by atoms with Crippen molar-refractivity contribution < 1.29 is 27.8 Å². The van der Waals surface area contributed by atoms with Crippen LogP contribution in [0.4, 0.5) is 18.9 Å². The number of hydrogen-bond acceptors (Lipinski definition) is 4. The van der Waals surface area contributed by atoms with Gasteiger partial charge in [0.1, 0.15) is 17.1 Å². The standard InChI is InChI=1S/C24H27F3N2O3/c1-14-5-4-12-29(14)13-18-19(30)10-11-23(3)21(18)20(15(2)32-23)22(31)28-17-8-6-16(7-9-17)24(25,26)27/h6-10,14,30H,4-5,11-13H2,1-3H3,(H,28,31)/t14-,23?/m0/s1. The van der Waals surface area contributed by atoms with Crippen molar-refractivity contribution in [3.8, 4) is 0 Å². The number of ether oxygens (including phenoxy) is 1. The van der Waals surface area contributed by atoms with Crippen LogP contribution in [0.25, 0.3) is 0 Å². The summed E-state index contributed by atoms with van der Waals surface area (Å²) in [6.45, 7) is 7.15. The molecule has 2 atom stereocenters. The Balaban J connectivity index is 1.66. The number of hydrogen-bond donors (Lipinski definition) is 2. The minimum Gasteiger partial charge on any atom is -0.508 e. The number of nitrogens with zero attached hydrogens (tertiary/aromatic N) is 1. The summed E-state index contributed by atoms with van der Waals surface area (Å²) in [6, 6.07) is 4.69. The smallest absolute Gasteiger partial charge is 0.416 e. The number of fused-ring (bicyclic) bond motifs is 1. The van der Waals surface area contributed by atoms with Crippen LogP contribution >= 0.6 is 0 Å². The number of aliphatic hydroxyl groups is 1. The maximum Gasteiger partial charge on any atom is 0.416 e. The molecule has 8 heteroatoms. The fraction of sp³-hybridized carbons (Fsp3) is 0.458. The highest BCUT2D eigenvalue weighted by Gasteiger charge is 2.47. The molecule has 1 unspecified atom stereocenters. The second-order valence-corrected chi connectivity index (χ2v) is 8.90. The molecule has 1 aliphatic carbocycles. The molecule has 3 aliphatic rings. The van der Waals surface area contributed by atoms with E-state index in [1.807, 2.05) is 6.92 Å². The summed E-state index contributed by atoms with van der Waals surface area (Å²) in [5.41, 5.74) is 0.341. The lowest BCUT2D eigenvalue weighted by atomic mass is 9.80. The predicted molar refractivity (Wildman–Crippen MR) is 115 cm³/mol. The summed E-state index contributed by atoms with van der Waals surface area (Å²) in [4.78, 5) is 15.5. The first-order valence-electron chi connectivity index (χ1n) is 10.8. The van der Waals surface area contributed by atoms with E-state index < -0.39 is 23.2 Å². The van der Waals surface area contributed by atoms with Gasteiger partial charge in [0.2, 0.25) is 0 Å². The zero-order chi connectivity index (χ0) is 23.3. The minimum atomic E-state index is -4.44. The molecule has 172 valence electrons. The minimum absolute atomic E-state index is 0.148. The first-order valence-corrected chi connectivity index (χ1v) is 10.8. The average molecular weight is 448 g/mol. The molecule has 1 saturated heterocycles. The number of nitrogens with one attached hydrogen (secondary N) is 1. The molecule has 0 radical (unpaired) electrons. The lowest BCUT2D eigenvalue weighted by Gasteiger charge is -2.33. The molecule has 0 bridgehead atoms. The summed E-state index contributed by atoms with van der Waals surface area (Å²) >= 11 is 0. The van der Waals surface area contributed by atoms with E-state index in [-0.39, 0.29) is 11.4 Å². The van der Waals surface area contributed by atoms with Crippen molar-refractivity contribution in [2.45, 2.75) is 57.9 Å². The van der Waals surface area contributed by atoms with Crippen molar-refractivity contribution in [1.82, 2.24) is 4.90 Å². The number of rotatable bonds is 4. The van der Waals surface area contributed by atoms with Gasteiger partial charge in [-0.05, 0) is 70.5 Å². The van der Waals surface area contributed by atoms with Crippen molar-refractivity contribution in [3.63, 3.8) is 0 Å². The van der Waals surface area contributed by atoms with Crippen LogP contribution in [0.3, 0.4) is 0 Å². The van der Waals surface area contributed by atoms with Crippen LogP contribution in [0.2, 0.25) is 0 Å². The number of amides is 1. The Morgan fingerprint density at radius 2 is 2.00 bits per heavy atom. The normalized spacial score (nSPS) is 26.2. The molecular weight excluding hydrogens is 421 g/mol. The Morgan fingerprint density at radius 1 is 1.31 bits per heavy atom. The van der Waals surface area contributed by atoms with Gasteiger partial charge in [-0.3, -0.25) is 9.69 Å². The molecule has 4 rings (SSSR count). The highest BCUT2D eigenvalue weighted by Crippen LogP contribution is 2.47. The summed E-state index contributed by atoms with van der Waals surface area (Å²) < 4.78 is 44.6. The molecule has 0 aromatic heterocycles. The average Bonchev–Trinajstić information content (AvgIpc) is 3.23. The fourth-order valence-electron chi connectivity index (χ4n) is 4.84. The second-order valence-electron chi connectivity index (χ2n) is 8.90. The topological polar surface area (TPSA) is 61.8 Å². The Hall–Kier alpha value is -2.74. The van der Waals surface area contributed by atoms with Crippen LogP contribution in [0.1, 0.15) is 45.6 Å². The summed E-state index contributed by atoms with van der Waals surface area (Å²) in [5.74, 6) is 0.111. The van der Waals surface area contributed by atoms with E-state index in [0.29, 0.717) is 41.5 Å². The van der Waals surface area contributed by atoms with E-state index in [0.717, 1.165) is 31.5 Å². The number of anilines is 1. The maximum atomic E-state index is 13.2. The zero-order valence-electron chi connectivity index (χ0n) is 18.3. The van der Waals surface area contributed by atoms with Gasteiger partial charge in [-0.15, -0.1) is 0 Å². The number of allylic oxidation sites excluding steroid dienone is 1. The van der Waals surface area contributed by atoms with Gasteiger partial charge in [0.15, 0.2) is 0 Å². The van der Waals surface area contributed by atoms with Crippen molar-refractivity contribution in [1.29, 1.82) is 0 Å². The molecule has 2 N–H and O–H groups in total. The molecule has 5 nitrogen and oxygen atoms in total. The number of alkyl halides is 3. The SMILES string of the molecule is CC1=C(C(=O)Nc2ccc(C(F)(F)F)cc2)C2=C(CN3CCC[C@@H]3C)C(O)=CCC2(C)O1. The van der Waals surface area contributed by atoms with Crippen molar-refractivity contribution in [3.05, 3.63) is 64.1 Å². The molecule has 2 heterocycles. The van der Waals surface area contributed by atoms with Gasteiger partial charge in [-0.2, -0.15) is 13.2 Å². The highest BCUT2D eigenvalue weighted by atomic mass is 19.4. The zero-order valence-corrected chi connectivity index (χ0v) is 18.3. The third-order valence-corrected chi connectivity index (χ3v) is 6.55. The summed E-state index contributed by atoms with van der Waals surface area (Å²) in [6.07, 6.45) is -0.137. The second kappa shape index (κ2) is 7.99. The quantitative estimate of drug-likeness (QED) is 0.653. The molecule has 0 spiro atoms. The van der Waals surface area contributed by atoms with Crippen molar-refractivity contribution in [2.75, 3.05) is 18.4 Å². The van der Waals surface area contributed by atoms with Gasteiger partial charge in [-0.1, -0.05) is 0 Å². The maximum absolute atomic E-state index is 13.2. The highest BCUT2D eigenvalue weighted by molar-refractivity contribution is 6.08. The molecule has 1 aromatic carbocycles. The monoisotopic (exact) mass is 448 g/mol. The van der Waals surface area contributed by atoms with Gasteiger partial charge in [-0.25, -0.2) is 0 Å². The van der Waals surface area contributed by atoms with Gasteiger partial charge >= 0.3 is 6.18 Å². The Bertz CT molecular complexity index is 1020. The van der Waals surface area contributed by atoms with Gasteiger partial charge in [0.05, 0.1) is 11.1 Å². The number of halogens is 3. The van der Waals surface area contributed by atoms with Crippen LogP contribution in [-0.4, -0.2) is 40.6 Å². The third kappa shape index (κ3) is 4.03. The number of carbonyl (C=O) groups excluding carboxylic acids is 1. The van der Waals surface area contributed by atoms with E-state index in [4.69, 9.17) is 4.74 Å². The molecule has 1 fully saturated rings. The number of benzene rings is 1. The number of aliphatic hydroxyl groups excluding tert-OH is 1. The number of carbonyl (C=O) groups is 1. The molecule has 1 aromatic rings. The van der Waals surface area contributed by atoms with Crippen LogP contribution < -0.4 is 5.32 Å². The first-order chi connectivity index (χ1) is 15.0. The van der Waals surface area contributed by atoms with Crippen LogP contribution in [0.5, 0.6) is 0 Å². The van der Waals surface area contributed by atoms with E-state index in [1.54, 1.807) is 13.0 Å². The lowest BCUT2D eigenvalue weighted by molar-refractivity contribution is -0.137. The van der Waals surface area contributed by atoms with E-state index in [9.17, 15) is 23.1 Å². The third-order valence-electron chi connectivity index (χ3n) is 6.55. The molecule has 0 saturated carbocycles. The van der Waals surface area contributed by atoms with Crippen molar-refractivity contribution >= 4 is 11.6 Å². The van der Waals surface area contributed by atoms with E-state index in [2.05, 4.69) is 17.1 Å². The summed E-state index contributed by atoms with van der Waals surface area (Å²) in [7, 11) is 0. The first kappa shape index (κ1) is 22.5. The predicted octanol–water partition coefficient (Wildman–Crippen LogP) is 5.33. The molecule has 2 aliphatic heterocycles. The van der Waals surface area contributed by atoms with E-state index in [1.165, 1.54) is 12.1 Å². The van der Waals surface area contributed by atoms with Gasteiger partial charge < -0.3 is 15.2 Å².